The van der Waals surface area contributed by atoms with Crippen LogP contribution in [0.5, 0.6) is 11.5 Å². The molecule has 3 aromatic rings. The molecule has 2 amide bonds. The van der Waals surface area contributed by atoms with E-state index in [0.29, 0.717) is 35.1 Å². The van der Waals surface area contributed by atoms with Crippen LogP contribution in [0.2, 0.25) is 0 Å². The van der Waals surface area contributed by atoms with Crippen molar-refractivity contribution in [2.45, 2.75) is 26.3 Å². The van der Waals surface area contributed by atoms with Gasteiger partial charge in [0.25, 0.3) is 5.91 Å². The van der Waals surface area contributed by atoms with Gasteiger partial charge in [0.15, 0.2) is 6.29 Å². The number of methoxy groups -OCH3 is 2. The van der Waals surface area contributed by atoms with E-state index in [4.69, 9.17) is 9.47 Å². The van der Waals surface area contributed by atoms with Gasteiger partial charge < -0.3 is 20.1 Å². The number of benzene rings is 2. The van der Waals surface area contributed by atoms with Gasteiger partial charge in [-0.15, -0.1) is 0 Å². The maximum Gasteiger partial charge on any atom is 0.260 e. The van der Waals surface area contributed by atoms with E-state index in [1.54, 1.807) is 36.1 Å². The first-order valence-corrected chi connectivity index (χ1v) is 11.6. The number of nitrogens with zero attached hydrogens (tertiary/aromatic N) is 3. The maximum absolute atomic E-state index is 13.2. The van der Waals surface area contributed by atoms with Crippen LogP contribution in [0.1, 0.15) is 27.9 Å². The second kappa shape index (κ2) is 9.51. The molecule has 5 rings (SSSR count). The summed E-state index contributed by atoms with van der Waals surface area (Å²) >= 11 is 0. The van der Waals surface area contributed by atoms with Gasteiger partial charge in [-0.05, 0) is 43.7 Å². The van der Waals surface area contributed by atoms with Crippen molar-refractivity contribution in [3.8, 4) is 11.5 Å². The van der Waals surface area contributed by atoms with Crippen molar-refractivity contribution in [1.29, 1.82) is 0 Å². The Morgan fingerprint density at radius 1 is 1.11 bits per heavy atom. The first-order valence-electron chi connectivity index (χ1n) is 11.6. The van der Waals surface area contributed by atoms with Gasteiger partial charge in [-0.25, -0.2) is 10.1 Å². The van der Waals surface area contributed by atoms with Gasteiger partial charge in [0.1, 0.15) is 23.5 Å². The molecule has 4 N–H and O–H groups in total. The van der Waals surface area contributed by atoms with Crippen LogP contribution < -0.4 is 35.9 Å². The number of carbonyl (C=O) groups is 2. The van der Waals surface area contributed by atoms with Gasteiger partial charge in [0.05, 0.1) is 37.1 Å². The van der Waals surface area contributed by atoms with E-state index in [1.165, 1.54) is 7.11 Å². The molecule has 3 atom stereocenters. The molecule has 11 nitrogen and oxygen atoms in total. The number of carbonyl (C=O) groups excluding carboxylic acids is 2. The number of fused-ring (bicyclic) bond motifs is 1. The van der Waals surface area contributed by atoms with Crippen molar-refractivity contribution in [2.24, 2.45) is 5.92 Å². The van der Waals surface area contributed by atoms with E-state index in [2.05, 4.69) is 32.5 Å². The predicted molar refractivity (Wildman–Crippen MR) is 134 cm³/mol. The van der Waals surface area contributed by atoms with Gasteiger partial charge in [-0.2, -0.15) is 5.10 Å². The summed E-state index contributed by atoms with van der Waals surface area (Å²) in [5, 5.41) is 15.9. The van der Waals surface area contributed by atoms with E-state index in [1.807, 2.05) is 37.1 Å². The fraction of sp³-hybridized carbons (Fsp3) is 0.320. The summed E-state index contributed by atoms with van der Waals surface area (Å²) in [5.74, 6) is 0.622. The standard InChI is InChI=1S/C25H29N7O4/c1-14-6-5-7-16(10-14)31-22-19(13-26-31)24(34)29-25(28-22)32-21(11-15(2)30-32)27-23(33)18-9-8-17(35-3)12-20(18)36-4/h5-12,19,22,25-26,28H,13H2,1-4H3,(H,27,33)(H,29,34). The Bertz CT molecular complexity index is 1310. The molecule has 0 bridgehead atoms. The van der Waals surface area contributed by atoms with E-state index in [-0.39, 0.29) is 23.9 Å². The van der Waals surface area contributed by atoms with Crippen molar-refractivity contribution in [1.82, 2.24) is 25.8 Å². The molecule has 0 spiro atoms. The van der Waals surface area contributed by atoms with Gasteiger partial charge >= 0.3 is 0 Å². The molecule has 2 aliphatic rings. The lowest BCUT2D eigenvalue weighted by atomic mass is 10.0. The normalized spacial score (nSPS) is 21.1. The summed E-state index contributed by atoms with van der Waals surface area (Å²) in [6, 6.07) is 14.8. The molecule has 0 saturated carbocycles. The van der Waals surface area contributed by atoms with Crippen LogP contribution in [0, 0.1) is 19.8 Å². The Kier molecular flexibility index (Phi) is 6.25. The summed E-state index contributed by atoms with van der Waals surface area (Å²) in [6.45, 7) is 4.35. The minimum absolute atomic E-state index is 0.103. The summed E-state index contributed by atoms with van der Waals surface area (Å²) in [6.07, 6.45) is -0.979. The number of aryl methyl sites for hydroxylation is 2. The Morgan fingerprint density at radius 3 is 2.69 bits per heavy atom. The second-order valence-corrected chi connectivity index (χ2v) is 8.84. The highest BCUT2D eigenvalue weighted by atomic mass is 16.5. The van der Waals surface area contributed by atoms with Crippen LogP contribution in [0.25, 0.3) is 0 Å². The maximum atomic E-state index is 13.2. The Morgan fingerprint density at radius 2 is 1.94 bits per heavy atom. The smallest absolute Gasteiger partial charge is 0.260 e. The fourth-order valence-corrected chi connectivity index (χ4v) is 4.60. The minimum atomic E-state index is -0.673. The Balaban J connectivity index is 1.40. The molecule has 3 heterocycles. The number of rotatable bonds is 6. The zero-order chi connectivity index (χ0) is 25.4. The zero-order valence-corrected chi connectivity index (χ0v) is 20.5. The van der Waals surface area contributed by atoms with Gasteiger partial charge in [-0.3, -0.25) is 19.9 Å². The highest BCUT2D eigenvalue weighted by Crippen LogP contribution is 2.29. The van der Waals surface area contributed by atoms with Crippen molar-refractivity contribution < 1.29 is 19.1 Å². The topological polar surface area (TPSA) is 122 Å². The van der Waals surface area contributed by atoms with Gasteiger partial charge in [0.2, 0.25) is 5.91 Å². The van der Waals surface area contributed by atoms with E-state index in [0.717, 1.165) is 11.3 Å². The second-order valence-electron chi connectivity index (χ2n) is 8.84. The lowest BCUT2D eigenvalue weighted by Gasteiger charge is -2.37. The first-order chi connectivity index (χ1) is 17.4. The molecule has 1 aromatic heterocycles. The number of nitrogens with one attached hydrogen (secondary N) is 4. The van der Waals surface area contributed by atoms with Crippen molar-refractivity contribution >= 4 is 23.3 Å². The number of hydrogen-bond donors (Lipinski definition) is 4. The average molecular weight is 492 g/mol. The summed E-state index contributed by atoms with van der Waals surface area (Å²) in [5.41, 5.74) is 6.43. The van der Waals surface area contributed by atoms with E-state index in [9.17, 15) is 9.59 Å². The van der Waals surface area contributed by atoms with Crippen molar-refractivity contribution in [3.63, 3.8) is 0 Å². The molecule has 188 valence electrons. The van der Waals surface area contributed by atoms with Crippen LogP contribution in [-0.2, 0) is 4.79 Å². The van der Waals surface area contributed by atoms with E-state index < -0.39 is 6.29 Å². The molecule has 2 fully saturated rings. The molecule has 2 aliphatic heterocycles. The minimum Gasteiger partial charge on any atom is -0.497 e. The molecule has 0 aliphatic carbocycles. The fourth-order valence-electron chi connectivity index (χ4n) is 4.60. The third kappa shape index (κ3) is 4.34. The quantitative estimate of drug-likeness (QED) is 0.413. The van der Waals surface area contributed by atoms with E-state index >= 15 is 0 Å². The molecule has 11 heteroatoms. The third-order valence-electron chi connectivity index (χ3n) is 6.36. The SMILES string of the molecule is COc1ccc(C(=O)Nc2cc(C)nn2C2NC(=O)C3CNN(c4cccc(C)c4)C3N2)c(OC)c1. The highest BCUT2D eigenvalue weighted by molar-refractivity contribution is 6.06. The molecule has 0 radical (unpaired) electrons. The number of aromatic nitrogens is 2. The van der Waals surface area contributed by atoms with Crippen LogP contribution >= 0.6 is 0 Å². The number of hydrazine groups is 1. The number of hydrogen-bond acceptors (Lipinski definition) is 8. The summed E-state index contributed by atoms with van der Waals surface area (Å²) in [4.78, 5) is 26.2. The van der Waals surface area contributed by atoms with Crippen molar-refractivity contribution in [3.05, 3.63) is 65.4 Å². The molecule has 3 unspecified atom stereocenters. The lowest BCUT2D eigenvalue weighted by molar-refractivity contribution is -0.129. The summed E-state index contributed by atoms with van der Waals surface area (Å²) in [7, 11) is 3.04. The largest absolute Gasteiger partial charge is 0.497 e. The summed E-state index contributed by atoms with van der Waals surface area (Å²) < 4.78 is 12.2. The average Bonchev–Trinajstić information content (AvgIpc) is 3.47. The number of anilines is 2. The molecular weight excluding hydrogens is 462 g/mol. The van der Waals surface area contributed by atoms with Crippen LogP contribution in [0.3, 0.4) is 0 Å². The Hall–Kier alpha value is -4.09. The highest BCUT2D eigenvalue weighted by Gasteiger charge is 2.45. The van der Waals surface area contributed by atoms with Crippen LogP contribution in [0.4, 0.5) is 11.5 Å². The van der Waals surface area contributed by atoms with Gasteiger partial charge in [-0.1, -0.05) is 12.1 Å². The third-order valence-corrected chi connectivity index (χ3v) is 6.36. The number of amides is 2. The first kappa shape index (κ1) is 23.6. The number of ether oxygens (including phenoxy) is 2. The molecule has 36 heavy (non-hydrogen) atoms. The van der Waals surface area contributed by atoms with Crippen molar-refractivity contribution in [2.75, 3.05) is 31.1 Å². The zero-order valence-electron chi connectivity index (χ0n) is 20.5. The Labute approximate surface area is 208 Å². The molecule has 2 aromatic carbocycles. The molecular formula is C25H29N7O4. The van der Waals surface area contributed by atoms with Crippen LogP contribution in [-0.4, -0.2) is 48.5 Å². The van der Waals surface area contributed by atoms with Crippen LogP contribution in [0.15, 0.2) is 48.5 Å². The predicted octanol–water partition coefficient (Wildman–Crippen LogP) is 1.91. The lowest BCUT2D eigenvalue weighted by Crippen LogP contribution is -2.61. The molecule has 2 saturated heterocycles. The van der Waals surface area contributed by atoms with Gasteiger partial charge in [0, 0.05) is 18.7 Å². The monoisotopic (exact) mass is 491 g/mol.